The van der Waals surface area contributed by atoms with Crippen molar-refractivity contribution >= 4 is 17.7 Å². The molecule has 0 radical (unpaired) electrons. The maximum absolute atomic E-state index is 13.1. The summed E-state index contributed by atoms with van der Waals surface area (Å²) in [5.74, 6) is 2.19. The molecule has 124 valence electrons. The molecule has 0 spiro atoms. The van der Waals surface area contributed by atoms with E-state index in [1.165, 1.54) is 24.3 Å². The fourth-order valence-electron chi connectivity index (χ4n) is 1.85. The van der Waals surface area contributed by atoms with E-state index in [0.717, 1.165) is 18.9 Å². The first-order valence-electron chi connectivity index (χ1n) is 7.51. The Morgan fingerprint density at radius 3 is 2.86 bits per heavy atom. The van der Waals surface area contributed by atoms with Crippen molar-refractivity contribution in [3.05, 3.63) is 30.1 Å². The van der Waals surface area contributed by atoms with Crippen molar-refractivity contribution in [2.24, 2.45) is 4.99 Å². The van der Waals surface area contributed by atoms with E-state index >= 15 is 0 Å². The van der Waals surface area contributed by atoms with Crippen LogP contribution in [0.25, 0.3) is 0 Å². The fraction of sp³-hybridized carbons (Fsp3) is 0.562. The molecule has 0 bridgehead atoms. The molecule has 0 aliphatic carbocycles. The number of hydrogen-bond acceptors (Lipinski definition) is 3. The third-order valence-corrected chi connectivity index (χ3v) is 3.68. The van der Waals surface area contributed by atoms with Gasteiger partial charge < -0.3 is 15.4 Å². The zero-order valence-electron chi connectivity index (χ0n) is 13.6. The minimum absolute atomic E-state index is 0.0863. The van der Waals surface area contributed by atoms with Crippen LogP contribution >= 0.6 is 11.8 Å². The number of rotatable bonds is 9. The summed E-state index contributed by atoms with van der Waals surface area (Å²) >= 11 is 1.87. The third kappa shape index (κ3) is 8.12. The number of benzene rings is 1. The van der Waals surface area contributed by atoms with Crippen molar-refractivity contribution in [3.63, 3.8) is 0 Å². The number of nitrogens with one attached hydrogen (secondary N) is 2. The van der Waals surface area contributed by atoms with E-state index < -0.39 is 0 Å². The molecule has 0 saturated heterocycles. The van der Waals surface area contributed by atoms with Gasteiger partial charge in [-0.1, -0.05) is 6.07 Å². The van der Waals surface area contributed by atoms with Crippen LogP contribution in [0, 0.1) is 5.82 Å². The first kappa shape index (κ1) is 18.6. The Kier molecular flexibility index (Phi) is 9.46. The van der Waals surface area contributed by atoms with Crippen molar-refractivity contribution in [1.29, 1.82) is 0 Å². The summed E-state index contributed by atoms with van der Waals surface area (Å²) in [5, 5.41) is 6.48. The van der Waals surface area contributed by atoms with Gasteiger partial charge in [0.2, 0.25) is 0 Å². The van der Waals surface area contributed by atoms with Crippen LogP contribution in [0.4, 0.5) is 4.39 Å². The molecule has 1 aromatic carbocycles. The van der Waals surface area contributed by atoms with Gasteiger partial charge >= 0.3 is 0 Å². The number of guanidine groups is 1. The van der Waals surface area contributed by atoms with Crippen LogP contribution in [0.1, 0.15) is 19.8 Å². The first-order valence-corrected chi connectivity index (χ1v) is 8.90. The third-order valence-electron chi connectivity index (χ3n) is 2.98. The van der Waals surface area contributed by atoms with Gasteiger partial charge in [0, 0.05) is 19.7 Å². The van der Waals surface area contributed by atoms with Crippen molar-refractivity contribution in [2.45, 2.75) is 25.9 Å². The molecule has 1 unspecified atom stereocenters. The second-order valence-corrected chi connectivity index (χ2v) is 5.95. The molecule has 0 saturated carbocycles. The summed E-state index contributed by atoms with van der Waals surface area (Å²) in [6, 6.07) is 6.17. The summed E-state index contributed by atoms with van der Waals surface area (Å²) < 4.78 is 18.7. The quantitative estimate of drug-likeness (QED) is 0.416. The number of halogens is 1. The Morgan fingerprint density at radius 1 is 1.36 bits per heavy atom. The summed E-state index contributed by atoms with van der Waals surface area (Å²) in [7, 11) is 1.75. The Balaban J connectivity index is 2.24. The van der Waals surface area contributed by atoms with Crippen LogP contribution in [0.3, 0.4) is 0 Å². The largest absolute Gasteiger partial charge is 0.489 e. The molecule has 0 aliphatic rings. The van der Waals surface area contributed by atoms with Gasteiger partial charge in [-0.3, -0.25) is 4.99 Å². The van der Waals surface area contributed by atoms with E-state index in [2.05, 4.69) is 21.9 Å². The molecule has 0 heterocycles. The van der Waals surface area contributed by atoms with Crippen molar-refractivity contribution < 1.29 is 9.13 Å². The molecule has 1 atom stereocenters. The van der Waals surface area contributed by atoms with Crippen LogP contribution in [0.5, 0.6) is 5.75 Å². The van der Waals surface area contributed by atoms with Crippen LogP contribution in [0.2, 0.25) is 0 Å². The highest BCUT2D eigenvalue weighted by atomic mass is 32.2. The zero-order chi connectivity index (χ0) is 16.2. The highest BCUT2D eigenvalue weighted by molar-refractivity contribution is 7.98. The normalized spacial score (nSPS) is 12.8. The SMILES string of the molecule is CN=C(NCCCCSC)NCC(C)Oc1cccc(F)c1. The molecule has 0 fully saturated rings. The molecule has 2 N–H and O–H groups in total. The lowest BCUT2D eigenvalue weighted by Crippen LogP contribution is -2.42. The Morgan fingerprint density at radius 2 is 2.18 bits per heavy atom. The number of aliphatic imine (C=N–C) groups is 1. The monoisotopic (exact) mass is 327 g/mol. The van der Waals surface area contributed by atoms with Gasteiger partial charge in [0.15, 0.2) is 5.96 Å². The van der Waals surface area contributed by atoms with Gasteiger partial charge in [0.1, 0.15) is 17.7 Å². The highest BCUT2D eigenvalue weighted by Gasteiger charge is 2.06. The topological polar surface area (TPSA) is 45.7 Å². The fourth-order valence-corrected chi connectivity index (χ4v) is 2.35. The van der Waals surface area contributed by atoms with Gasteiger partial charge in [0.05, 0.1) is 6.54 Å². The Hall–Kier alpha value is -1.43. The van der Waals surface area contributed by atoms with Crippen molar-refractivity contribution in [3.8, 4) is 5.75 Å². The maximum atomic E-state index is 13.1. The zero-order valence-corrected chi connectivity index (χ0v) is 14.4. The molecule has 0 amide bonds. The van der Waals surface area contributed by atoms with E-state index in [1.54, 1.807) is 19.2 Å². The summed E-state index contributed by atoms with van der Waals surface area (Å²) in [6.45, 7) is 3.43. The number of nitrogens with zero attached hydrogens (tertiary/aromatic N) is 1. The summed E-state index contributed by atoms with van der Waals surface area (Å²) in [5.41, 5.74) is 0. The van der Waals surface area contributed by atoms with Gasteiger partial charge in [-0.2, -0.15) is 11.8 Å². The molecule has 1 aromatic rings. The minimum atomic E-state index is -0.291. The Labute approximate surface area is 136 Å². The van der Waals surface area contributed by atoms with Crippen LogP contribution in [-0.2, 0) is 0 Å². The van der Waals surface area contributed by atoms with Gasteiger partial charge in [0.25, 0.3) is 0 Å². The lowest BCUT2D eigenvalue weighted by atomic mass is 10.3. The average molecular weight is 327 g/mol. The van der Waals surface area contributed by atoms with Crippen molar-refractivity contribution in [1.82, 2.24) is 10.6 Å². The average Bonchev–Trinajstić information content (AvgIpc) is 2.50. The maximum Gasteiger partial charge on any atom is 0.191 e. The van der Waals surface area contributed by atoms with E-state index in [4.69, 9.17) is 4.74 Å². The molecular formula is C16H26FN3OS. The van der Waals surface area contributed by atoms with Gasteiger partial charge in [-0.25, -0.2) is 4.39 Å². The lowest BCUT2D eigenvalue weighted by Gasteiger charge is -2.17. The Bertz CT molecular complexity index is 457. The number of thioether (sulfide) groups is 1. The molecule has 0 aromatic heterocycles. The first-order chi connectivity index (χ1) is 10.7. The van der Waals surface area contributed by atoms with Crippen LogP contribution < -0.4 is 15.4 Å². The lowest BCUT2D eigenvalue weighted by molar-refractivity contribution is 0.223. The van der Waals surface area contributed by atoms with E-state index in [9.17, 15) is 4.39 Å². The van der Waals surface area contributed by atoms with Gasteiger partial charge in [-0.15, -0.1) is 0 Å². The highest BCUT2D eigenvalue weighted by Crippen LogP contribution is 2.13. The summed E-state index contributed by atoms with van der Waals surface area (Å²) in [6.07, 6.45) is 4.35. The summed E-state index contributed by atoms with van der Waals surface area (Å²) in [4.78, 5) is 4.17. The predicted molar refractivity (Wildman–Crippen MR) is 93.5 cm³/mol. The van der Waals surface area contributed by atoms with Crippen LogP contribution in [0.15, 0.2) is 29.3 Å². The molecule has 22 heavy (non-hydrogen) atoms. The number of unbranched alkanes of at least 4 members (excludes halogenated alkanes) is 1. The minimum Gasteiger partial charge on any atom is -0.489 e. The number of hydrogen-bond donors (Lipinski definition) is 2. The van der Waals surface area contributed by atoms with Crippen molar-refractivity contribution in [2.75, 3.05) is 32.1 Å². The molecule has 6 heteroatoms. The second-order valence-electron chi connectivity index (χ2n) is 4.97. The number of ether oxygens (including phenoxy) is 1. The van der Waals surface area contributed by atoms with Gasteiger partial charge in [-0.05, 0) is 43.9 Å². The second kappa shape index (κ2) is 11.2. The molecule has 1 rings (SSSR count). The molecular weight excluding hydrogens is 301 g/mol. The van der Waals surface area contributed by atoms with Crippen LogP contribution in [-0.4, -0.2) is 44.2 Å². The van der Waals surface area contributed by atoms with E-state index in [0.29, 0.717) is 12.3 Å². The van der Waals surface area contributed by atoms with E-state index in [-0.39, 0.29) is 11.9 Å². The molecule has 0 aliphatic heterocycles. The smallest absolute Gasteiger partial charge is 0.191 e. The molecule has 4 nitrogen and oxygen atoms in total. The van der Waals surface area contributed by atoms with E-state index in [1.807, 2.05) is 18.7 Å². The standard InChI is InChI=1S/C16H26FN3OS/c1-13(21-15-8-6-7-14(17)11-15)12-20-16(18-2)19-9-4-5-10-22-3/h6-8,11,13H,4-5,9-10,12H2,1-3H3,(H2,18,19,20). The predicted octanol–water partition coefficient (Wildman–Crippen LogP) is 2.90.